The molecule has 0 spiro atoms. The molecular formula is C25H18Cl2N3NaO6S. The molecule has 0 bridgehead atoms. The van der Waals surface area contributed by atoms with Gasteiger partial charge in [-0.1, -0.05) is 53.2 Å². The number of benzene rings is 4. The van der Waals surface area contributed by atoms with E-state index in [1.165, 1.54) is 37.4 Å². The Balaban J connectivity index is 0.00000400. The van der Waals surface area contributed by atoms with Crippen molar-refractivity contribution in [3.63, 3.8) is 0 Å². The first kappa shape index (κ1) is 29.9. The van der Waals surface area contributed by atoms with E-state index < -0.39 is 26.7 Å². The van der Waals surface area contributed by atoms with Crippen molar-refractivity contribution in [1.29, 1.82) is 0 Å². The molecular weight excluding hydrogens is 564 g/mol. The molecule has 190 valence electrons. The number of methoxy groups -OCH3 is 1. The van der Waals surface area contributed by atoms with Gasteiger partial charge in [0.25, 0.3) is 16.0 Å². The Labute approximate surface area is 250 Å². The van der Waals surface area contributed by atoms with Crippen molar-refractivity contribution in [2.45, 2.75) is 11.8 Å². The zero-order valence-electron chi connectivity index (χ0n) is 20.3. The van der Waals surface area contributed by atoms with Crippen LogP contribution in [0.2, 0.25) is 10.0 Å². The molecule has 0 saturated carbocycles. The van der Waals surface area contributed by atoms with E-state index in [4.69, 9.17) is 27.9 Å². The molecule has 0 fully saturated rings. The number of carbonyl (C=O) groups excluding carboxylic acids is 1. The van der Waals surface area contributed by atoms with Crippen molar-refractivity contribution in [3.05, 3.63) is 81.8 Å². The van der Waals surface area contributed by atoms with Crippen LogP contribution in [0.25, 0.3) is 10.8 Å². The van der Waals surface area contributed by atoms with E-state index >= 15 is 0 Å². The second-order valence-electron chi connectivity index (χ2n) is 7.89. The van der Waals surface area contributed by atoms with Crippen LogP contribution in [0.4, 0.5) is 17.1 Å². The average molecular weight is 582 g/mol. The maximum Gasteiger partial charge on any atom is 1.00 e. The molecule has 38 heavy (non-hydrogen) atoms. The third-order valence-electron chi connectivity index (χ3n) is 5.33. The number of carbonyl (C=O) groups is 1. The third kappa shape index (κ3) is 6.29. The van der Waals surface area contributed by atoms with Crippen LogP contribution in [0.5, 0.6) is 11.5 Å². The van der Waals surface area contributed by atoms with Gasteiger partial charge in [0.15, 0.2) is 0 Å². The predicted molar refractivity (Wildman–Crippen MR) is 140 cm³/mol. The summed E-state index contributed by atoms with van der Waals surface area (Å²) in [5, 5.41) is 24.8. The summed E-state index contributed by atoms with van der Waals surface area (Å²) in [5.74, 6) is -1.06. The van der Waals surface area contributed by atoms with E-state index in [1.807, 2.05) is 0 Å². The maximum absolute atomic E-state index is 13.4. The number of aryl methyl sites for hydroxylation is 1. The van der Waals surface area contributed by atoms with Crippen molar-refractivity contribution in [1.82, 2.24) is 0 Å². The average Bonchev–Trinajstić information content (AvgIpc) is 2.83. The second-order valence-corrected chi connectivity index (χ2v) is 10.1. The molecule has 4 aromatic carbocycles. The van der Waals surface area contributed by atoms with Crippen LogP contribution in [0.15, 0.2) is 75.8 Å². The Morgan fingerprint density at radius 2 is 1.74 bits per heavy atom. The number of azo groups is 1. The van der Waals surface area contributed by atoms with Crippen LogP contribution in [0.1, 0.15) is 15.9 Å². The van der Waals surface area contributed by atoms with Gasteiger partial charge in [0.05, 0.1) is 28.5 Å². The first-order chi connectivity index (χ1) is 17.5. The van der Waals surface area contributed by atoms with Crippen molar-refractivity contribution in [2.75, 3.05) is 12.4 Å². The molecule has 0 radical (unpaired) electrons. The standard InChI is InChI=1S/C25H19Cl2N3O6S.Na/c1-13-9-19(27)24(37(33,34)35)21(10-13)29-30-22-16-6-4-3-5-14(16)11-17(23(22)31)25(32)28-20-12-15(36-2)7-8-18(20)26;/h3-12,31H,1-2H3,(H,28,32)(H,33,34,35);/q;+1/p-1. The number of rotatable bonds is 6. The van der Waals surface area contributed by atoms with E-state index in [1.54, 1.807) is 37.3 Å². The third-order valence-corrected chi connectivity index (χ3v) is 7.01. The maximum atomic E-state index is 13.4. The van der Waals surface area contributed by atoms with E-state index in [2.05, 4.69) is 15.5 Å². The quantitative estimate of drug-likeness (QED) is 0.203. The van der Waals surface area contributed by atoms with E-state index in [9.17, 15) is 22.9 Å². The zero-order valence-corrected chi connectivity index (χ0v) is 24.6. The van der Waals surface area contributed by atoms with Crippen LogP contribution >= 0.6 is 23.2 Å². The van der Waals surface area contributed by atoms with Gasteiger partial charge in [-0.2, -0.15) is 13.5 Å². The normalized spacial score (nSPS) is 11.4. The number of amides is 1. The SMILES string of the molecule is COc1ccc(Cl)c(NC(=O)c2cc3ccccc3c(N=Nc3cc(C)cc(Cl)c3S(=O)(=O)O)c2[O-])c1.[Na+]. The van der Waals surface area contributed by atoms with E-state index in [-0.39, 0.29) is 62.2 Å². The fourth-order valence-electron chi connectivity index (χ4n) is 3.64. The number of nitrogens with zero attached hydrogens (tertiary/aromatic N) is 2. The second kappa shape index (κ2) is 12.0. The Bertz CT molecular complexity index is 1700. The molecule has 0 atom stereocenters. The molecule has 0 aliphatic heterocycles. The Kier molecular flexibility index (Phi) is 9.43. The molecule has 0 unspecified atom stereocenters. The summed E-state index contributed by atoms with van der Waals surface area (Å²) in [5.41, 5.74) is 0.0486. The fourth-order valence-corrected chi connectivity index (χ4v) is 5.03. The Morgan fingerprint density at radius 1 is 1.03 bits per heavy atom. The monoisotopic (exact) mass is 581 g/mol. The number of hydrogen-bond donors (Lipinski definition) is 2. The Morgan fingerprint density at radius 3 is 2.42 bits per heavy atom. The fraction of sp³-hybridized carbons (Fsp3) is 0.0800. The molecule has 4 rings (SSSR count). The van der Waals surface area contributed by atoms with Gasteiger partial charge >= 0.3 is 29.6 Å². The number of halogens is 2. The summed E-state index contributed by atoms with van der Waals surface area (Å²) in [6.45, 7) is 1.64. The van der Waals surface area contributed by atoms with Crippen LogP contribution in [-0.4, -0.2) is 26.0 Å². The smallest absolute Gasteiger partial charge is 0.870 e. The molecule has 4 aromatic rings. The van der Waals surface area contributed by atoms with Crippen molar-refractivity contribution >= 4 is 67.1 Å². The predicted octanol–water partition coefficient (Wildman–Crippen LogP) is 3.46. The van der Waals surface area contributed by atoms with Crippen molar-refractivity contribution in [3.8, 4) is 11.5 Å². The minimum Gasteiger partial charge on any atom is -0.870 e. The van der Waals surface area contributed by atoms with Gasteiger partial charge < -0.3 is 15.2 Å². The molecule has 1 amide bonds. The summed E-state index contributed by atoms with van der Waals surface area (Å²) in [7, 11) is -3.30. The van der Waals surface area contributed by atoms with Gasteiger partial charge in [0.1, 0.15) is 16.3 Å². The summed E-state index contributed by atoms with van der Waals surface area (Å²) in [6.07, 6.45) is 0. The summed E-state index contributed by atoms with van der Waals surface area (Å²) in [6, 6.07) is 15.4. The molecule has 0 heterocycles. The summed E-state index contributed by atoms with van der Waals surface area (Å²) < 4.78 is 38.6. The summed E-state index contributed by atoms with van der Waals surface area (Å²) in [4.78, 5) is 12.5. The number of anilines is 1. The van der Waals surface area contributed by atoms with Gasteiger partial charge in [-0.3, -0.25) is 9.35 Å². The molecule has 2 N–H and O–H groups in total. The molecule has 0 aromatic heterocycles. The number of nitrogens with one attached hydrogen (secondary N) is 1. The van der Waals surface area contributed by atoms with Crippen molar-refractivity contribution < 1.29 is 57.2 Å². The van der Waals surface area contributed by atoms with Crippen LogP contribution in [0, 0.1) is 6.92 Å². The van der Waals surface area contributed by atoms with Crippen LogP contribution in [0.3, 0.4) is 0 Å². The molecule has 9 nitrogen and oxygen atoms in total. The number of hydrogen-bond acceptors (Lipinski definition) is 7. The van der Waals surface area contributed by atoms with Gasteiger partial charge in [0, 0.05) is 17.0 Å². The van der Waals surface area contributed by atoms with E-state index in [0.29, 0.717) is 22.1 Å². The molecule has 0 aliphatic rings. The largest absolute Gasteiger partial charge is 1.00 e. The molecule has 0 saturated heterocycles. The molecule has 0 aliphatic carbocycles. The van der Waals surface area contributed by atoms with Gasteiger partial charge in [-0.25, -0.2) is 0 Å². The van der Waals surface area contributed by atoms with Crippen molar-refractivity contribution in [2.24, 2.45) is 10.2 Å². The van der Waals surface area contributed by atoms with Gasteiger partial charge in [-0.05, 0) is 48.2 Å². The molecule has 13 heteroatoms. The minimum absolute atomic E-state index is 0. The Hall–Kier alpha value is -2.70. The topological polar surface area (TPSA) is 140 Å². The minimum atomic E-state index is -4.75. The zero-order chi connectivity index (χ0) is 26.9. The van der Waals surface area contributed by atoms with Gasteiger partial charge in [0.2, 0.25) is 0 Å². The van der Waals surface area contributed by atoms with E-state index in [0.717, 1.165) is 0 Å². The first-order valence-electron chi connectivity index (χ1n) is 10.6. The summed E-state index contributed by atoms with van der Waals surface area (Å²) >= 11 is 12.2. The first-order valence-corrected chi connectivity index (χ1v) is 12.8. The van der Waals surface area contributed by atoms with Crippen LogP contribution in [-0.2, 0) is 10.1 Å². The number of ether oxygens (including phenoxy) is 1. The van der Waals surface area contributed by atoms with Gasteiger partial charge in [-0.15, -0.1) is 5.11 Å². The van der Waals surface area contributed by atoms with Crippen LogP contribution < -0.4 is 44.7 Å². The number of fused-ring (bicyclic) bond motifs is 1.